The Morgan fingerprint density at radius 2 is 1.44 bits per heavy atom. The van der Waals surface area contributed by atoms with Gasteiger partial charge in [-0.2, -0.15) is 9.67 Å². The molecule has 0 bridgehead atoms. The van der Waals surface area contributed by atoms with Gasteiger partial charge in [-0.25, -0.2) is 15.0 Å². The largest absolute Gasteiger partial charge is 0.472 e. The average Bonchev–Trinajstić information content (AvgIpc) is 4.19. The number of aromatic amines is 4. The second-order valence-corrected chi connectivity index (χ2v) is 16.4. The molecule has 0 aliphatic rings. The molecule has 18 nitrogen and oxygen atoms in total. The highest BCUT2D eigenvalue weighted by atomic mass is 16.3. The lowest BCUT2D eigenvalue weighted by Crippen LogP contribution is -2.32. The van der Waals surface area contributed by atoms with Gasteiger partial charge in [0, 0.05) is 82.5 Å². The molecule has 0 radical (unpaired) electrons. The van der Waals surface area contributed by atoms with Crippen molar-refractivity contribution < 1.29 is 18.2 Å². The number of aryl methyl sites for hydroxylation is 1. The van der Waals surface area contributed by atoms with Crippen molar-refractivity contribution in [2.45, 2.75) is 27.2 Å². The predicted octanol–water partition coefficient (Wildman–Crippen LogP) is 8.92. The van der Waals surface area contributed by atoms with Crippen LogP contribution in [0.15, 0.2) is 126 Å². The zero-order valence-electron chi connectivity index (χ0n) is 35.5. The van der Waals surface area contributed by atoms with Crippen LogP contribution in [0.5, 0.6) is 0 Å². The van der Waals surface area contributed by atoms with Gasteiger partial charge in [0.1, 0.15) is 40.8 Å². The number of carbonyl (C=O) groups is 1. The summed E-state index contributed by atoms with van der Waals surface area (Å²) in [5.74, 6) is 1.18. The minimum Gasteiger partial charge on any atom is -0.472 e. The van der Waals surface area contributed by atoms with Crippen molar-refractivity contribution in [3.8, 4) is 73.2 Å². The number of hydrogen-bond donors (Lipinski definition) is 5. The Kier molecular flexibility index (Phi) is 8.90. The molecule has 12 aromatic heterocycles. The number of imidazole rings is 2. The molecule has 12 rings (SSSR count). The maximum atomic E-state index is 12.9. The van der Waals surface area contributed by atoms with Gasteiger partial charge >= 0.3 is 5.65 Å². The standard InChI is InChI=1S/C48H35N15O3/c1-24(2)8-40(64)54-30-9-27(12-50-14-30)29-11-32-44(47-55-37-18-51-16-34(41(37)57-47)26-5-7-65-21-26)60-62-48(32)63(20-29)39-23-66-22-36(39)35-17-52-19-38-42(35)58-46(56-38)43-31-10-28(13-53-45(31)61-59-43)33-15-49-6-4-25(33)3/h4-7,9-24H,8H2,1-3H3,(H4,51,52,53,54,55,56,57,58,59,60,61,64)/p+1. The lowest BCUT2D eigenvalue weighted by Gasteiger charge is -2.10. The van der Waals surface area contributed by atoms with Crippen LogP contribution in [0.4, 0.5) is 5.69 Å². The Morgan fingerprint density at radius 3 is 2.23 bits per heavy atom. The maximum absolute atomic E-state index is 12.9. The van der Waals surface area contributed by atoms with Crippen molar-refractivity contribution in [1.82, 2.24) is 65.3 Å². The van der Waals surface area contributed by atoms with Crippen LogP contribution in [0.1, 0.15) is 25.8 Å². The summed E-state index contributed by atoms with van der Waals surface area (Å²) in [5.41, 5.74) is 14.1. The molecular formula is C48H36N15O3+. The highest BCUT2D eigenvalue weighted by molar-refractivity contribution is 5.99. The maximum Gasteiger partial charge on any atom is 0.314 e. The Labute approximate surface area is 372 Å². The van der Waals surface area contributed by atoms with Gasteiger partial charge in [0.15, 0.2) is 28.7 Å². The van der Waals surface area contributed by atoms with Crippen LogP contribution in [0.2, 0.25) is 0 Å². The number of H-pyrrole nitrogens is 4. The van der Waals surface area contributed by atoms with Gasteiger partial charge in [0.05, 0.1) is 58.8 Å². The molecule has 0 saturated heterocycles. The van der Waals surface area contributed by atoms with E-state index in [0.29, 0.717) is 74.3 Å². The highest BCUT2D eigenvalue weighted by Gasteiger charge is 2.28. The lowest BCUT2D eigenvalue weighted by atomic mass is 10.0. The fraction of sp³-hybridized carbons (Fsp3) is 0.104. The minimum absolute atomic E-state index is 0.0881. The van der Waals surface area contributed by atoms with Crippen molar-refractivity contribution in [1.29, 1.82) is 0 Å². The topological polar surface area (TPSA) is 238 Å². The van der Waals surface area contributed by atoms with Gasteiger partial charge in [0.25, 0.3) is 0 Å². The lowest BCUT2D eigenvalue weighted by molar-refractivity contribution is -0.568. The second kappa shape index (κ2) is 15.3. The van der Waals surface area contributed by atoms with Crippen LogP contribution in [-0.2, 0) is 4.79 Å². The minimum atomic E-state index is -0.0881. The molecule has 0 unspecified atom stereocenters. The Bertz CT molecular complexity index is 3820. The molecule has 1 amide bonds. The Balaban J connectivity index is 1.00. The Hall–Kier alpha value is -9.19. The third-order valence-electron chi connectivity index (χ3n) is 11.6. The zero-order valence-corrected chi connectivity index (χ0v) is 35.5. The van der Waals surface area contributed by atoms with Crippen LogP contribution < -0.4 is 9.88 Å². The first-order valence-corrected chi connectivity index (χ1v) is 21.0. The summed E-state index contributed by atoms with van der Waals surface area (Å²) in [6.07, 6.45) is 24.8. The van der Waals surface area contributed by atoms with E-state index in [2.05, 4.69) is 55.5 Å². The summed E-state index contributed by atoms with van der Waals surface area (Å²) < 4.78 is 13.4. The fourth-order valence-electron chi connectivity index (χ4n) is 8.43. The van der Waals surface area contributed by atoms with E-state index in [0.717, 1.165) is 60.8 Å². The summed E-state index contributed by atoms with van der Waals surface area (Å²) in [4.78, 5) is 52.6. The molecule has 320 valence electrons. The highest BCUT2D eigenvalue weighted by Crippen LogP contribution is 2.37. The smallest absolute Gasteiger partial charge is 0.314 e. The second-order valence-electron chi connectivity index (χ2n) is 16.4. The molecule has 12 heterocycles. The third-order valence-corrected chi connectivity index (χ3v) is 11.6. The summed E-state index contributed by atoms with van der Waals surface area (Å²) in [7, 11) is 0. The molecule has 0 aliphatic heterocycles. The van der Waals surface area contributed by atoms with Crippen molar-refractivity contribution in [2.24, 2.45) is 5.92 Å². The number of aromatic nitrogens is 14. The average molecular weight is 871 g/mol. The first-order chi connectivity index (χ1) is 32.3. The normalized spacial score (nSPS) is 11.8. The van der Waals surface area contributed by atoms with Gasteiger partial charge in [-0.3, -0.25) is 29.8 Å². The monoisotopic (exact) mass is 870 g/mol. The van der Waals surface area contributed by atoms with Crippen LogP contribution in [0.3, 0.4) is 0 Å². The molecule has 12 aromatic rings. The van der Waals surface area contributed by atoms with Gasteiger partial charge in [-0.15, -0.1) is 5.10 Å². The molecule has 66 heavy (non-hydrogen) atoms. The summed E-state index contributed by atoms with van der Waals surface area (Å²) in [6, 6.07) is 9.82. The number of hydrogen-bond acceptors (Lipinski definition) is 12. The van der Waals surface area contributed by atoms with Crippen LogP contribution >= 0.6 is 0 Å². The van der Waals surface area contributed by atoms with Crippen molar-refractivity contribution >= 4 is 55.7 Å². The SMILES string of the molecule is Cc1ccncc1-c1cnc2[nH]nc(-c3nc4c(-c5cocc5-[n+]5cc(-c6cncc(NC(=O)CC(C)C)c6)cc6c(-c7nc8c(-c9ccoc9)cncc8[nH]7)n[nH]c65)cncc4[nH]3)c2c1. The van der Waals surface area contributed by atoms with E-state index in [1.807, 2.05) is 74.3 Å². The van der Waals surface area contributed by atoms with Gasteiger partial charge in [-0.1, -0.05) is 18.9 Å². The van der Waals surface area contributed by atoms with Crippen molar-refractivity contribution in [3.63, 3.8) is 0 Å². The molecular weight excluding hydrogens is 835 g/mol. The number of amides is 1. The number of pyridine rings is 6. The number of rotatable bonds is 10. The van der Waals surface area contributed by atoms with E-state index in [1.165, 1.54) is 0 Å². The first kappa shape index (κ1) is 38.5. The van der Waals surface area contributed by atoms with E-state index in [-0.39, 0.29) is 11.8 Å². The van der Waals surface area contributed by atoms with Crippen molar-refractivity contribution in [3.05, 3.63) is 123 Å². The van der Waals surface area contributed by atoms with Crippen LogP contribution in [0.25, 0.3) is 117 Å². The predicted molar refractivity (Wildman–Crippen MR) is 246 cm³/mol. The summed E-state index contributed by atoms with van der Waals surface area (Å²) in [6.45, 7) is 6.06. The van der Waals surface area contributed by atoms with E-state index in [9.17, 15) is 4.79 Å². The van der Waals surface area contributed by atoms with E-state index in [1.54, 1.807) is 68.4 Å². The van der Waals surface area contributed by atoms with Crippen LogP contribution in [0, 0.1) is 12.8 Å². The van der Waals surface area contributed by atoms with Gasteiger partial charge < -0.3 is 24.1 Å². The number of anilines is 1. The van der Waals surface area contributed by atoms with Crippen LogP contribution in [-0.4, -0.2) is 71.2 Å². The fourth-order valence-corrected chi connectivity index (χ4v) is 8.43. The molecule has 5 N–H and O–H groups in total. The van der Waals surface area contributed by atoms with Crippen molar-refractivity contribution in [2.75, 3.05) is 5.32 Å². The number of furan rings is 2. The summed E-state index contributed by atoms with van der Waals surface area (Å²) in [5, 5.41) is 20.4. The molecule has 0 saturated carbocycles. The van der Waals surface area contributed by atoms with E-state index in [4.69, 9.17) is 23.9 Å². The van der Waals surface area contributed by atoms with E-state index >= 15 is 0 Å². The number of nitrogens with one attached hydrogen (secondary N) is 5. The molecule has 0 aliphatic carbocycles. The first-order valence-electron chi connectivity index (χ1n) is 21.0. The molecule has 0 fully saturated rings. The third kappa shape index (κ3) is 6.54. The molecule has 18 heteroatoms. The number of nitrogens with zero attached hydrogens (tertiary/aromatic N) is 10. The molecule has 0 spiro atoms. The van der Waals surface area contributed by atoms with E-state index < -0.39 is 0 Å². The molecule has 0 atom stereocenters. The zero-order chi connectivity index (χ0) is 44.5. The Morgan fingerprint density at radius 1 is 0.697 bits per heavy atom. The number of fused-ring (bicyclic) bond motifs is 4. The quantitative estimate of drug-likeness (QED) is 0.0810. The van der Waals surface area contributed by atoms with Gasteiger partial charge in [-0.05, 0) is 48.7 Å². The molecule has 0 aromatic carbocycles. The number of carbonyl (C=O) groups excluding carboxylic acids is 1. The summed E-state index contributed by atoms with van der Waals surface area (Å²) >= 11 is 0. The van der Waals surface area contributed by atoms with Gasteiger partial charge in [0.2, 0.25) is 5.91 Å².